The highest BCUT2D eigenvalue weighted by atomic mass is 19.1. The Hall–Kier alpha value is -3.71. The summed E-state index contributed by atoms with van der Waals surface area (Å²) in [5.74, 6) is 0.856. The SMILES string of the molecule is O=C(NC1CCCCC1)C1=Cc2cc(-c3ccc(OC4CC4)cc3)cnc2N(Cc2ccc(F)cc2)C1O. The average Bonchev–Trinajstić information content (AvgIpc) is 3.76. The van der Waals surface area contributed by atoms with Crippen LogP contribution in [0.2, 0.25) is 0 Å². The maximum atomic E-state index is 13.5. The first-order valence-corrected chi connectivity index (χ1v) is 13.5. The minimum Gasteiger partial charge on any atom is -0.490 e. The van der Waals surface area contributed by atoms with Crippen LogP contribution in [-0.2, 0) is 11.3 Å². The van der Waals surface area contributed by atoms with Gasteiger partial charge in [0.2, 0.25) is 0 Å². The number of anilines is 1. The summed E-state index contributed by atoms with van der Waals surface area (Å²) in [6, 6.07) is 16.2. The standard InChI is InChI=1S/C31H32FN3O3/c32-24-10-6-20(7-11-24)19-35-29-22(17-28(31(35)37)30(36)34-25-4-2-1-3-5-25)16-23(18-33-29)21-8-12-26(13-9-21)38-27-14-15-27/h6-13,16-18,25,27,31,37H,1-5,14-15,19H2,(H,34,36). The second-order valence-electron chi connectivity index (χ2n) is 10.5. The van der Waals surface area contributed by atoms with Gasteiger partial charge in [0, 0.05) is 29.9 Å². The number of amides is 1. The van der Waals surface area contributed by atoms with Crippen molar-refractivity contribution in [3.63, 3.8) is 0 Å². The molecule has 1 unspecified atom stereocenters. The van der Waals surface area contributed by atoms with E-state index in [9.17, 15) is 14.3 Å². The summed E-state index contributed by atoms with van der Waals surface area (Å²) in [6.07, 6.45) is 10.2. The number of fused-ring (bicyclic) bond motifs is 1. The highest BCUT2D eigenvalue weighted by molar-refractivity contribution is 6.01. The van der Waals surface area contributed by atoms with Crippen LogP contribution in [-0.4, -0.2) is 34.4 Å². The Morgan fingerprint density at radius 2 is 1.74 bits per heavy atom. The summed E-state index contributed by atoms with van der Waals surface area (Å²) < 4.78 is 19.4. The van der Waals surface area contributed by atoms with E-state index in [4.69, 9.17) is 9.72 Å². The maximum Gasteiger partial charge on any atom is 0.252 e. The molecule has 1 atom stereocenters. The molecule has 2 N–H and O–H groups in total. The Labute approximate surface area is 222 Å². The number of ether oxygens (including phenoxy) is 1. The first kappa shape index (κ1) is 24.6. The third-order valence-corrected chi connectivity index (χ3v) is 7.54. The van der Waals surface area contributed by atoms with Crippen LogP contribution in [0.3, 0.4) is 0 Å². The number of carbonyl (C=O) groups is 1. The Kier molecular flexibility index (Phi) is 6.85. The minimum absolute atomic E-state index is 0.122. The topological polar surface area (TPSA) is 74.7 Å². The molecule has 0 spiro atoms. The Balaban J connectivity index is 1.32. The first-order chi connectivity index (χ1) is 18.5. The van der Waals surface area contributed by atoms with E-state index in [-0.39, 0.29) is 29.9 Å². The van der Waals surface area contributed by atoms with Gasteiger partial charge < -0.3 is 20.1 Å². The number of rotatable bonds is 7. The van der Waals surface area contributed by atoms with Crippen LogP contribution < -0.4 is 15.0 Å². The van der Waals surface area contributed by atoms with Crippen LogP contribution >= 0.6 is 0 Å². The lowest BCUT2D eigenvalue weighted by Gasteiger charge is -2.35. The van der Waals surface area contributed by atoms with E-state index in [0.29, 0.717) is 11.9 Å². The van der Waals surface area contributed by atoms with Crippen molar-refractivity contribution in [2.24, 2.45) is 0 Å². The van der Waals surface area contributed by atoms with E-state index in [0.717, 1.165) is 66.5 Å². The number of benzene rings is 2. The zero-order chi connectivity index (χ0) is 26.1. The summed E-state index contributed by atoms with van der Waals surface area (Å²) in [5.41, 5.74) is 3.74. The van der Waals surface area contributed by atoms with Gasteiger partial charge in [0.1, 0.15) is 17.4 Å². The molecule has 1 aromatic heterocycles. The van der Waals surface area contributed by atoms with Gasteiger partial charge in [0.05, 0.1) is 11.7 Å². The number of pyridine rings is 1. The number of nitrogens with zero attached hydrogens (tertiary/aromatic N) is 2. The molecule has 38 heavy (non-hydrogen) atoms. The molecule has 7 heteroatoms. The molecule has 2 aliphatic carbocycles. The van der Waals surface area contributed by atoms with Gasteiger partial charge in [-0.2, -0.15) is 0 Å². The minimum atomic E-state index is -1.17. The van der Waals surface area contributed by atoms with Crippen LogP contribution in [0.4, 0.5) is 10.2 Å². The van der Waals surface area contributed by atoms with Crippen LogP contribution in [0, 0.1) is 5.82 Å². The summed E-state index contributed by atoms with van der Waals surface area (Å²) >= 11 is 0. The summed E-state index contributed by atoms with van der Waals surface area (Å²) in [5, 5.41) is 14.5. The van der Waals surface area contributed by atoms with Crippen molar-refractivity contribution in [1.29, 1.82) is 0 Å². The third-order valence-electron chi connectivity index (χ3n) is 7.54. The summed E-state index contributed by atoms with van der Waals surface area (Å²) in [7, 11) is 0. The van der Waals surface area contributed by atoms with Gasteiger partial charge in [-0.25, -0.2) is 9.37 Å². The van der Waals surface area contributed by atoms with Crippen molar-refractivity contribution in [2.75, 3.05) is 4.90 Å². The molecule has 3 aromatic rings. The highest BCUT2D eigenvalue weighted by Gasteiger charge is 2.33. The lowest BCUT2D eigenvalue weighted by molar-refractivity contribution is -0.119. The van der Waals surface area contributed by atoms with Gasteiger partial charge in [0.15, 0.2) is 6.23 Å². The number of hydrogen-bond donors (Lipinski definition) is 2. The van der Waals surface area contributed by atoms with Crippen molar-refractivity contribution in [1.82, 2.24) is 10.3 Å². The number of aliphatic hydroxyl groups is 1. The van der Waals surface area contributed by atoms with Crippen molar-refractivity contribution < 1.29 is 19.0 Å². The fourth-order valence-electron chi connectivity index (χ4n) is 5.26. The molecule has 2 heterocycles. The second kappa shape index (κ2) is 10.6. The predicted octanol–water partition coefficient (Wildman–Crippen LogP) is 5.60. The van der Waals surface area contributed by atoms with Crippen molar-refractivity contribution in [2.45, 2.75) is 69.9 Å². The third kappa shape index (κ3) is 5.43. The molecule has 0 radical (unpaired) electrons. The Bertz CT molecular complexity index is 1330. The molecular formula is C31H32FN3O3. The van der Waals surface area contributed by atoms with Gasteiger partial charge >= 0.3 is 0 Å². The highest BCUT2D eigenvalue weighted by Crippen LogP contribution is 2.35. The summed E-state index contributed by atoms with van der Waals surface area (Å²) in [6.45, 7) is 0.280. The van der Waals surface area contributed by atoms with Crippen LogP contribution in [0.25, 0.3) is 17.2 Å². The lowest BCUT2D eigenvalue weighted by atomic mass is 9.94. The fourth-order valence-corrected chi connectivity index (χ4v) is 5.26. The average molecular weight is 514 g/mol. The fraction of sp³-hybridized carbons (Fsp3) is 0.355. The molecule has 2 fully saturated rings. The summed E-state index contributed by atoms with van der Waals surface area (Å²) in [4.78, 5) is 19.8. The molecular weight excluding hydrogens is 481 g/mol. The predicted molar refractivity (Wildman–Crippen MR) is 145 cm³/mol. The quantitative estimate of drug-likeness (QED) is 0.430. The van der Waals surface area contributed by atoms with Gasteiger partial charge in [-0.3, -0.25) is 4.79 Å². The van der Waals surface area contributed by atoms with Gasteiger partial charge in [0.25, 0.3) is 5.91 Å². The number of aliphatic hydroxyl groups excluding tert-OH is 1. The zero-order valence-corrected chi connectivity index (χ0v) is 21.3. The lowest BCUT2D eigenvalue weighted by Crippen LogP contribution is -2.46. The number of aromatic nitrogens is 1. The van der Waals surface area contributed by atoms with Crippen molar-refractivity contribution in [3.05, 3.63) is 83.3 Å². The maximum absolute atomic E-state index is 13.5. The van der Waals surface area contributed by atoms with E-state index in [2.05, 4.69) is 5.32 Å². The van der Waals surface area contributed by atoms with Crippen molar-refractivity contribution in [3.8, 4) is 16.9 Å². The molecule has 196 valence electrons. The van der Waals surface area contributed by atoms with Gasteiger partial charge in [-0.05, 0) is 73.2 Å². The van der Waals surface area contributed by atoms with E-state index >= 15 is 0 Å². The number of hydrogen-bond acceptors (Lipinski definition) is 5. The van der Waals surface area contributed by atoms with Crippen LogP contribution in [0.15, 0.2) is 66.4 Å². The zero-order valence-electron chi connectivity index (χ0n) is 21.3. The first-order valence-electron chi connectivity index (χ1n) is 13.5. The number of halogens is 1. The Morgan fingerprint density at radius 3 is 2.45 bits per heavy atom. The molecule has 1 amide bonds. The molecule has 3 aliphatic rings. The molecule has 2 saturated carbocycles. The van der Waals surface area contributed by atoms with Crippen LogP contribution in [0.1, 0.15) is 56.1 Å². The van der Waals surface area contributed by atoms with Gasteiger partial charge in [-0.1, -0.05) is 43.5 Å². The molecule has 1 aliphatic heterocycles. The molecule has 0 saturated heterocycles. The Morgan fingerprint density at radius 1 is 1.00 bits per heavy atom. The van der Waals surface area contributed by atoms with E-state index in [1.165, 1.54) is 18.6 Å². The van der Waals surface area contributed by atoms with Crippen molar-refractivity contribution >= 4 is 17.8 Å². The van der Waals surface area contributed by atoms with E-state index in [1.807, 2.05) is 30.3 Å². The van der Waals surface area contributed by atoms with Gasteiger partial charge in [-0.15, -0.1) is 0 Å². The molecule has 2 aromatic carbocycles. The number of carbonyl (C=O) groups excluding carboxylic acids is 1. The molecule has 6 rings (SSSR count). The molecule has 0 bridgehead atoms. The smallest absolute Gasteiger partial charge is 0.252 e. The van der Waals surface area contributed by atoms with E-state index in [1.54, 1.807) is 29.3 Å². The normalized spacial score (nSPS) is 19.5. The molecule has 6 nitrogen and oxygen atoms in total. The number of nitrogens with one attached hydrogen (secondary N) is 1. The van der Waals surface area contributed by atoms with Crippen LogP contribution in [0.5, 0.6) is 5.75 Å². The monoisotopic (exact) mass is 513 g/mol. The van der Waals surface area contributed by atoms with E-state index < -0.39 is 6.23 Å². The second-order valence-corrected chi connectivity index (χ2v) is 10.5. The largest absolute Gasteiger partial charge is 0.490 e.